The SMILES string of the molecule is CC(C)(C)OC(=O)N[C@@](Cc1ccc(C#CCO)cc1)(C(=O)O)C(C)(C)C. The second-order valence-electron chi connectivity index (χ2n) is 8.42. The molecule has 1 amide bonds. The van der Waals surface area contributed by atoms with Crippen LogP contribution in [-0.4, -0.2) is 40.0 Å². The Labute approximate surface area is 160 Å². The molecule has 1 atom stereocenters. The minimum absolute atomic E-state index is 0.0821. The molecule has 0 fully saturated rings. The molecule has 6 heteroatoms. The Hall–Kier alpha value is -2.52. The summed E-state index contributed by atoms with van der Waals surface area (Å²) in [6, 6.07) is 7.03. The van der Waals surface area contributed by atoms with Crippen LogP contribution in [0.25, 0.3) is 0 Å². The van der Waals surface area contributed by atoms with E-state index in [0.717, 1.165) is 5.56 Å². The molecular weight excluding hydrogens is 346 g/mol. The minimum Gasteiger partial charge on any atom is -0.479 e. The zero-order valence-electron chi connectivity index (χ0n) is 16.8. The molecule has 148 valence electrons. The number of alkyl carbamates (subject to hydrolysis) is 1. The molecule has 3 N–H and O–H groups in total. The van der Waals surface area contributed by atoms with Crippen LogP contribution in [0.15, 0.2) is 24.3 Å². The first-order valence-electron chi connectivity index (χ1n) is 8.74. The van der Waals surface area contributed by atoms with Crippen molar-refractivity contribution in [2.75, 3.05) is 6.61 Å². The number of aliphatic hydroxyl groups is 1. The standard InChI is InChI=1S/C21H29NO5/c1-19(2,3)21(17(24)25,22-18(26)27-20(4,5)6)14-16-11-9-15(10-12-16)8-7-13-23/h9-12,23H,13-14H2,1-6H3,(H,22,26)(H,24,25)/t21-/m0/s1. The first kappa shape index (κ1) is 22.5. The van der Waals surface area contributed by atoms with E-state index in [9.17, 15) is 14.7 Å². The smallest absolute Gasteiger partial charge is 0.408 e. The van der Waals surface area contributed by atoms with E-state index in [-0.39, 0.29) is 13.0 Å². The topological polar surface area (TPSA) is 95.9 Å². The van der Waals surface area contributed by atoms with E-state index >= 15 is 0 Å². The lowest BCUT2D eigenvalue weighted by atomic mass is 9.70. The van der Waals surface area contributed by atoms with Gasteiger partial charge in [0.1, 0.15) is 17.7 Å². The maximum Gasteiger partial charge on any atom is 0.408 e. The molecule has 6 nitrogen and oxygen atoms in total. The Kier molecular flexibility index (Phi) is 7.05. The number of ether oxygens (including phenoxy) is 1. The van der Waals surface area contributed by atoms with Crippen molar-refractivity contribution in [2.24, 2.45) is 5.41 Å². The summed E-state index contributed by atoms with van der Waals surface area (Å²) in [5.41, 5.74) is -1.64. The normalized spacial score (nSPS) is 13.7. The van der Waals surface area contributed by atoms with Crippen molar-refractivity contribution in [1.82, 2.24) is 5.32 Å². The molecule has 0 radical (unpaired) electrons. The molecule has 0 saturated heterocycles. The van der Waals surface area contributed by atoms with E-state index in [1.807, 2.05) is 0 Å². The number of carbonyl (C=O) groups excluding carboxylic acids is 1. The highest BCUT2D eigenvalue weighted by atomic mass is 16.6. The van der Waals surface area contributed by atoms with Gasteiger partial charge in [-0.25, -0.2) is 9.59 Å². The molecule has 0 aromatic heterocycles. The molecular formula is C21H29NO5. The van der Waals surface area contributed by atoms with Crippen LogP contribution in [0, 0.1) is 17.3 Å². The van der Waals surface area contributed by atoms with Crippen LogP contribution < -0.4 is 5.32 Å². The van der Waals surface area contributed by atoms with Crippen LogP contribution >= 0.6 is 0 Å². The summed E-state index contributed by atoms with van der Waals surface area (Å²) in [6.07, 6.45) is -0.691. The molecule has 0 unspecified atom stereocenters. The summed E-state index contributed by atoms with van der Waals surface area (Å²) >= 11 is 0. The van der Waals surface area contributed by atoms with Crippen molar-refractivity contribution in [2.45, 2.75) is 59.1 Å². The van der Waals surface area contributed by atoms with Gasteiger partial charge in [0.15, 0.2) is 0 Å². The van der Waals surface area contributed by atoms with E-state index < -0.39 is 28.6 Å². The number of carboxylic acid groups (broad SMARTS) is 1. The molecule has 0 saturated carbocycles. The molecule has 0 heterocycles. The molecule has 27 heavy (non-hydrogen) atoms. The van der Waals surface area contributed by atoms with Gasteiger partial charge in [0.05, 0.1) is 0 Å². The third-order valence-electron chi connectivity index (χ3n) is 4.09. The predicted octanol–water partition coefficient (Wildman–Crippen LogP) is 2.97. The van der Waals surface area contributed by atoms with E-state index in [4.69, 9.17) is 9.84 Å². The molecule has 0 aliphatic rings. The van der Waals surface area contributed by atoms with Crippen molar-refractivity contribution in [3.63, 3.8) is 0 Å². The molecule has 1 aromatic carbocycles. The van der Waals surface area contributed by atoms with Crippen LogP contribution in [0.4, 0.5) is 4.79 Å². The monoisotopic (exact) mass is 375 g/mol. The van der Waals surface area contributed by atoms with Crippen molar-refractivity contribution in [3.8, 4) is 11.8 Å². The van der Waals surface area contributed by atoms with Gasteiger partial charge in [-0.05, 0) is 43.9 Å². The Balaban J connectivity index is 3.22. The summed E-state index contributed by atoms with van der Waals surface area (Å²) in [4.78, 5) is 24.6. The van der Waals surface area contributed by atoms with Gasteiger partial charge in [-0.2, -0.15) is 0 Å². The first-order valence-corrected chi connectivity index (χ1v) is 8.74. The second-order valence-corrected chi connectivity index (χ2v) is 8.42. The van der Waals surface area contributed by atoms with E-state index in [1.165, 1.54) is 0 Å². The number of hydrogen-bond donors (Lipinski definition) is 3. The fourth-order valence-corrected chi connectivity index (χ4v) is 2.58. The largest absolute Gasteiger partial charge is 0.479 e. The van der Waals surface area contributed by atoms with E-state index in [0.29, 0.717) is 5.56 Å². The van der Waals surface area contributed by atoms with Crippen LogP contribution in [0.5, 0.6) is 0 Å². The molecule has 0 spiro atoms. The van der Waals surface area contributed by atoms with Crippen molar-refractivity contribution >= 4 is 12.1 Å². The molecule has 0 bridgehead atoms. The zero-order chi connectivity index (χ0) is 20.9. The lowest BCUT2D eigenvalue weighted by Crippen LogP contribution is -2.64. The van der Waals surface area contributed by atoms with Crippen LogP contribution in [0.3, 0.4) is 0 Å². The van der Waals surface area contributed by atoms with Gasteiger partial charge >= 0.3 is 12.1 Å². The third-order valence-corrected chi connectivity index (χ3v) is 4.09. The summed E-state index contributed by atoms with van der Waals surface area (Å²) in [5.74, 6) is 4.22. The van der Waals surface area contributed by atoms with Gasteiger partial charge in [0.2, 0.25) is 0 Å². The highest BCUT2D eigenvalue weighted by molar-refractivity contribution is 5.86. The Morgan fingerprint density at radius 3 is 2.04 bits per heavy atom. The van der Waals surface area contributed by atoms with Crippen LogP contribution in [0.2, 0.25) is 0 Å². The summed E-state index contributed by atoms with van der Waals surface area (Å²) < 4.78 is 5.28. The van der Waals surface area contributed by atoms with Crippen LogP contribution in [-0.2, 0) is 16.0 Å². The summed E-state index contributed by atoms with van der Waals surface area (Å²) in [7, 11) is 0. The maximum absolute atomic E-state index is 12.3. The number of benzene rings is 1. The number of amides is 1. The van der Waals surface area contributed by atoms with E-state index in [1.54, 1.807) is 65.8 Å². The van der Waals surface area contributed by atoms with Gasteiger partial charge in [-0.3, -0.25) is 0 Å². The Bertz CT molecular complexity index is 729. The number of carbonyl (C=O) groups is 2. The van der Waals surface area contributed by atoms with Crippen LogP contribution in [0.1, 0.15) is 52.7 Å². The first-order chi connectivity index (χ1) is 12.3. The van der Waals surface area contributed by atoms with Gasteiger partial charge < -0.3 is 20.3 Å². The molecule has 0 aliphatic heterocycles. The number of aliphatic carboxylic acids is 1. The fourth-order valence-electron chi connectivity index (χ4n) is 2.58. The molecule has 0 aliphatic carbocycles. The van der Waals surface area contributed by atoms with Gasteiger partial charge in [0.25, 0.3) is 0 Å². The van der Waals surface area contributed by atoms with Gasteiger partial charge in [0, 0.05) is 12.0 Å². The number of aliphatic hydroxyl groups excluding tert-OH is 1. The zero-order valence-corrected chi connectivity index (χ0v) is 16.8. The van der Waals surface area contributed by atoms with Crippen molar-refractivity contribution in [1.29, 1.82) is 0 Å². The third kappa shape index (κ3) is 6.30. The second kappa shape index (κ2) is 8.45. The lowest BCUT2D eigenvalue weighted by Gasteiger charge is -2.42. The number of nitrogens with one attached hydrogen (secondary N) is 1. The highest BCUT2D eigenvalue weighted by Crippen LogP contribution is 2.34. The predicted molar refractivity (Wildman–Crippen MR) is 103 cm³/mol. The van der Waals surface area contributed by atoms with Gasteiger partial charge in [-0.15, -0.1) is 0 Å². The number of carboxylic acids is 1. The average molecular weight is 375 g/mol. The van der Waals surface area contributed by atoms with Gasteiger partial charge in [-0.1, -0.05) is 44.7 Å². The van der Waals surface area contributed by atoms with Crippen molar-refractivity contribution < 1.29 is 24.5 Å². The molecule has 1 aromatic rings. The summed E-state index contributed by atoms with van der Waals surface area (Å²) in [5, 5.41) is 21.4. The highest BCUT2D eigenvalue weighted by Gasteiger charge is 2.50. The quantitative estimate of drug-likeness (QED) is 0.703. The Morgan fingerprint density at radius 2 is 1.63 bits per heavy atom. The Morgan fingerprint density at radius 1 is 1.07 bits per heavy atom. The summed E-state index contributed by atoms with van der Waals surface area (Å²) in [6.45, 7) is 10.2. The number of rotatable bonds is 4. The van der Waals surface area contributed by atoms with E-state index in [2.05, 4.69) is 17.2 Å². The van der Waals surface area contributed by atoms with Crippen molar-refractivity contribution in [3.05, 3.63) is 35.4 Å². The average Bonchev–Trinajstić information content (AvgIpc) is 2.50. The number of hydrogen-bond acceptors (Lipinski definition) is 4. The lowest BCUT2D eigenvalue weighted by molar-refractivity contribution is -0.150. The fraction of sp³-hybridized carbons (Fsp3) is 0.524. The molecule has 1 rings (SSSR count). The minimum atomic E-state index is -1.56. The maximum atomic E-state index is 12.3.